The summed E-state index contributed by atoms with van der Waals surface area (Å²) in [5.41, 5.74) is 0. The number of alkyl halides is 2. The molecule has 0 saturated carbocycles. The molecule has 0 aliphatic carbocycles. The van der Waals surface area contributed by atoms with E-state index in [1.807, 2.05) is 0 Å². The average molecular weight is 250 g/mol. The Morgan fingerprint density at radius 1 is 1.12 bits per heavy atom. The molecule has 0 aromatic rings. The smallest absolute Gasteiger partial charge is 0.316 e. The number of rotatable bonds is 8. The van der Waals surface area contributed by atoms with Gasteiger partial charge in [-0.2, -0.15) is 0 Å². The van der Waals surface area contributed by atoms with E-state index in [0.29, 0.717) is 6.42 Å². The van der Waals surface area contributed by atoms with Gasteiger partial charge in [-0.3, -0.25) is 14.4 Å². The first kappa shape index (κ1) is 15.7. The van der Waals surface area contributed by atoms with Crippen LogP contribution < -0.4 is 0 Å². The van der Waals surface area contributed by atoms with Crippen molar-refractivity contribution in [3.05, 3.63) is 0 Å². The monoisotopic (exact) mass is 250 g/mol. The van der Waals surface area contributed by atoms with Crippen LogP contribution in [0.15, 0.2) is 0 Å². The van der Waals surface area contributed by atoms with E-state index in [0.717, 1.165) is 0 Å². The van der Waals surface area contributed by atoms with Gasteiger partial charge in [-0.1, -0.05) is 6.92 Å². The van der Waals surface area contributed by atoms with E-state index in [4.69, 9.17) is 0 Å². The second-order valence-corrected chi connectivity index (χ2v) is 3.49. The van der Waals surface area contributed by atoms with Crippen LogP contribution in [-0.2, 0) is 19.1 Å². The third kappa shape index (κ3) is 5.51. The highest BCUT2D eigenvalue weighted by atomic mass is 19.3. The fourth-order valence-corrected chi connectivity index (χ4v) is 1.28. The third-order valence-corrected chi connectivity index (χ3v) is 2.10. The van der Waals surface area contributed by atoms with Gasteiger partial charge in [-0.25, -0.2) is 8.78 Å². The van der Waals surface area contributed by atoms with Crippen molar-refractivity contribution < 1.29 is 27.9 Å². The molecule has 0 radical (unpaired) electrons. The largest absolute Gasteiger partial charge is 0.465 e. The summed E-state index contributed by atoms with van der Waals surface area (Å²) in [5, 5.41) is 0. The van der Waals surface area contributed by atoms with E-state index < -0.39 is 36.3 Å². The fraction of sp³-hybridized carbons (Fsp3) is 0.727. The number of hydrogen-bond donors (Lipinski definition) is 0. The highest BCUT2D eigenvalue weighted by Crippen LogP contribution is 2.14. The van der Waals surface area contributed by atoms with E-state index in [-0.39, 0.29) is 13.0 Å². The number of ketones is 2. The van der Waals surface area contributed by atoms with Crippen molar-refractivity contribution in [2.45, 2.75) is 39.5 Å². The molecule has 17 heavy (non-hydrogen) atoms. The average Bonchev–Trinajstić information content (AvgIpc) is 2.25. The van der Waals surface area contributed by atoms with Crippen LogP contribution in [0.1, 0.15) is 33.1 Å². The highest BCUT2D eigenvalue weighted by molar-refractivity contribution is 6.02. The molecule has 0 aromatic carbocycles. The van der Waals surface area contributed by atoms with Crippen LogP contribution in [0.5, 0.6) is 0 Å². The molecule has 0 heterocycles. The third-order valence-electron chi connectivity index (χ3n) is 2.10. The van der Waals surface area contributed by atoms with Gasteiger partial charge in [0.25, 0.3) is 6.43 Å². The number of hydrogen-bond acceptors (Lipinski definition) is 4. The summed E-state index contributed by atoms with van der Waals surface area (Å²) in [6, 6.07) is 0. The van der Waals surface area contributed by atoms with Crippen molar-refractivity contribution in [3.8, 4) is 0 Å². The SMILES string of the molecule is CCCC(=O)C(CC(=O)C(F)F)C(=O)OCC. The molecule has 0 fully saturated rings. The molecule has 0 spiro atoms. The lowest BCUT2D eigenvalue weighted by molar-refractivity contribution is -0.154. The first-order valence-electron chi connectivity index (χ1n) is 5.44. The van der Waals surface area contributed by atoms with E-state index >= 15 is 0 Å². The minimum Gasteiger partial charge on any atom is -0.465 e. The van der Waals surface area contributed by atoms with Crippen LogP contribution in [-0.4, -0.2) is 30.6 Å². The first-order valence-corrected chi connectivity index (χ1v) is 5.44. The van der Waals surface area contributed by atoms with Crippen LogP contribution in [0.4, 0.5) is 8.78 Å². The Morgan fingerprint density at radius 2 is 1.71 bits per heavy atom. The maximum atomic E-state index is 12.1. The molecule has 0 rings (SSSR count). The van der Waals surface area contributed by atoms with E-state index in [9.17, 15) is 23.2 Å². The quantitative estimate of drug-likeness (QED) is 0.486. The van der Waals surface area contributed by atoms with Gasteiger partial charge in [-0.15, -0.1) is 0 Å². The standard InChI is InChI=1S/C11H16F2O4/c1-3-5-8(14)7(11(16)17-4-2)6-9(15)10(12)13/h7,10H,3-6H2,1-2H3. The molecule has 0 saturated heterocycles. The lowest BCUT2D eigenvalue weighted by atomic mass is 9.95. The topological polar surface area (TPSA) is 60.4 Å². The molecule has 0 aliphatic heterocycles. The molecule has 98 valence electrons. The van der Waals surface area contributed by atoms with Crippen molar-refractivity contribution in [2.75, 3.05) is 6.61 Å². The lowest BCUT2D eigenvalue weighted by Crippen LogP contribution is -2.30. The van der Waals surface area contributed by atoms with Crippen molar-refractivity contribution in [3.63, 3.8) is 0 Å². The molecule has 0 aliphatic rings. The van der Waals surface area contributed by atoms with Crippen LogP contribution in [0.25, 0.3) is 0 Å². The van der Waals surface area contributed by atoms with Crippen molar-refractivity contribution in [2.24, 2.45) is 5.92 Å². The summed E-state index contributed by atoms with van der Waals surface area (Å²) >= 11 is 0. The minimum atomic E-state index is -3.17. The van der Waals surface area contributed by atoms with Gasteiger partial charge < -0.3 is 4.74 Å². The zero-order chi connectivity index (χ0) is 13.4. The molecule has 6 heteroatoms. The zero-order valence-corrected chi connectivity index (χ0v) is 9.87. The number of ether oxygens (including phenoxy) is 1. The van der Waals surface area contributed by atoms with Gasteiger partial charge in [0.15, 0.2) is 5.78 Å². The van der Waals surface area contributed by atoms with Crippen LogP contribution in [0.3, 0.4) is 0 Å². The number of halogens is 2. The van der Waals surface area contributed by atoms with Gasteiger partial charge in [0, 0.05) is 12.8 Å². The van der Waals surface area contributed by atoms with Gasteiger partial charge in [0.1, 0.15) is 11.7 Å². The molecule has 4 nitrogen and oxygen atoms in total. The Hall–Kier alpha value is -1.33. The molecule has 1 unspecified atom stereocenters. The molecule has 0 N–H and O–H groups in total. The van der Waals surface area contributed by atoms with Crippen molar-refractivity contribution >= 4 is 17.5 Å². The minimum absolute atomic E-state index is 0.0393. The Balaban J connectivity index is 4.67. The molecular formula is C11H16F2O4. The molecule has 0 bridgehead atoms. The van der Waals surface area contributed by atoms with E-state index in [2.05, 4.69) is 4.74 Å². The summed E-state index contributed by atoms with van der Waals surface area (Å²) in [6.07, 6.45) is -3.39. The maximum absolute atomic E-state index is 12.1. The van der Waals surface area contributed by atoms with Crippen LogP contribution in [0.2, 0.25) is 0 Å². The zero-order valence-electron chi connectivity index (χ0n) is 9.87. The fourth-order valence-electron chi connectivity index (χ4n) is 1.28. The Bertz CT molecular complexity index is 271. The van der Waals surface area contributed by atoms with Gasteiger partial charge >= 0.3 is 5.97 Å². The predicted octanol–water partition coefficient (Wildman–Crippen LogP) is 1.76. The normalized spacial score (nSPS) is 12.3. The second-order valence-electron chi connectivity index (χ2n) is 3.49. The second kappa shape index (κ2) is 7.86. The van der Waals surface area contributed by atoms with E-state index in [1.165, 1.54) is 6.92 Å². The molecule has 1 atom stereocenters. The Morgan fingerprint density at radius 3 is 2.12 bits per heavy atom. The van der Waals surface area contributed by atoms with Crippen LogP contribution >= 0.6 is 0 Å². The summed E-state index contributed by atoms with van der Waals surface area (Å²) in [5.74, 6) is -4.23. The summed E-state index contributed by atoms with van der Waals surface area (Å²) in [4.78, 5) is 33.8. The number of carbonyl (C=O) groups is 3. The number of Topliss-reactive ketones (excluding diaryl/α,β-unsaturated/α-hetero) is 2. The number of esters is 1. The van der Waals surface area contributed by atoms with Gasteiger partial charge in [0.2, 0.25) is 0 Å². The maximum Gasteiger partial charge on any atom is 0.316 e. The Labute approximate surface area is 98.3 Å². The number of carbonyl (C=O) groups excluding carboxylic acids is 3. The van der Waals surface area contributed by atoms with Gasteiger partial charge in [0.05, 0.1) is 6.61 Å². The molecular weight excluding hydrogens is 234 g/mol. The summed E-state index contributed by atoms with van der Waals surface area (Å²) < 4.78 is 28.7. The molecule has 0 aromatic heterocycles. The lowest BCUT2D eigenvalue weighted by Gasteiger charge is -2.13. The van der Waals surface area contributed by atoms with Crippen molar-refractivity contribution in [1.82, 2.24) is 0 Å². The van der Waals surface area contributed by atoms with Crippen molar-refractivity contribution in [1.29, 1.82) is 0 Å². The van der Waals surface area contributed by atoms with E-state index in [1.54, 1.807) is 6.92 Å². The summed E-state index contributed by atoms with van der Waals surface area (Å²) in [7, 11) is 0. The summed E-state index contributed by atoms with van der Waals surface area (Å²) in [6.45, 7) is 3.29. The predicted molar refractivity (Wildman–Crippen MR) is 55.7 cm³/mol. The van der Waals surface area contributed by atoms with Gasteiger partial charge in [-0.05, 0) is 13.3 Å². The van der Waals surface area contributed by atoms with Crippen LogP contribution in [0, 0.1) is 5.92 Å². The molecule has 0 amide bonds. The Kier molecular flexibility index (Phi) is 7.25. The first-order chi connectivity index (χ1) is 7.93. The highest BCUT2D eigenvalue weighted by Gasteiger charge is 2.32.